The van der Waals surface area contributed by atoms with Crippen molar-refractivity contribution in [1.29, 1.82) is 0 Å². The van der Waals surface area contributed by atoms with Crippen LogP contribution in [0.2, 0.25) is 0 Å². The Morgan fingerprint density at radius 1 is 1.12 bits per heavy atom. The van der Waals surface area contributed by atoms with Crippen molar-refractivity contribution in [3.05, 3.63) is 64.8 Å². The van der Waals surface area contributed by atoms with Gasteiger partial charge in [-0.25, -0.2) is 0 Å². The van der Waals surface area contributed by atoms with Crippen molar-refractivity contribution in [2.75, 3.05) is 19.8 Å². The van der Waals surface area contributed by atoms with E-state index in [0.29, 0.717) is 56.0 Å². The standard InChI is InChI=1S/C26H28F3NO4/c1-2-33-25(31)8-4-20-14-19-15-21(5-7-24(19)30-20)34-16-17-3-6-22(18-9-11-32-12-10-18)23(13-17)26(27,28)29/h3,5-7,13-15,18,30H,2,4,8-12,16H2,1H3. The lowest BCUT2D eigenvalue weighted by atomic mass is 9.87. The maximum absolute atomic E-state index is 13.8. The van der Waals surface area contributed by atoms with Gasteiger partial charge in [0.15, 0.2) is 0 Å². The van der Waals surface area contributed by atoms with Crippen LogP contribution in [-0.4, -0.2) is 30.8 Å². The molecule has 0 aliphatic carbocycles. The van der Waals surface area contributed by atoms with Crippen LogP contribution in [0.3, 0.4) is 0 Å². The summed E-state index contributed by atoms with van der Waals surface area (Å²) in [6, 6.07) is 11.9. The average Bonchev–Trinajstić information content (AvgIpc) is 3.24. The molecule has 0 unspecified atom stereocenters. The molecule has 0 amide bonds. The molecule has 1 saturated heterocycles. The zero-order chi connectivity index (χ0) is 24.1. The first kappa shape index (κ1) is 24.1. The number of hydrogen-bond acceptors (Lipinski definition) is 4. The van der Waals surface area contributed by atoms with Crippen LogP contribution in [0.1, 0.15) is 54.5 Å². The van der Waals surface area contributed by atoms with Gasteiger partial charge < -0.3 is 19.2 Å². The Balaban J connectivity index is 1.45. The molecule has 0 atom stereocenters. The number of benzene rings is 2. The molecular formula is C26H28F3NO4. The third kappa shape index (κ3) is 5.91. The van der Waals surface area contributed by atoms with Crippen molar-refractivity contribution >= 4 is 16.9 Å². The number of ether oxygens (including phenoxy) is 3. The number of aryl methyl sites for hydroxylation is 1. The summed E-state index contributed by atoms with van der Waals surface area (Å²) >= 11 is 0. The normalized spacial score (nSPS) is 14.9. The van der Waals surface area contributed by atoms with Gasteiger partial charge >= 0.3 is 12.1 Å². The zero-order valence-corrected chi connectivity index (χ0v) is 19.0. The summed E-state index contributed by atoms with van der Waals surface area (Å²) in [6.45, 7) is 3.13. The second-order valence-electron chi connectivity index (χ2n) is 8.44. The number of carbonyl (C=O) groups is 1. The molecule has 0 spiro atoms. The van der Waals surface area contributed by atoms with E-state index in [1.165, 1.54) is 6.07 Å². The van der Waals surface area contributed by atoms with E-state index in [-0.39, 0.29) is 24.9 Å². The van der Waals surface area contributed by atoms with Gasteiger partial charge in [-0.15, -0.1) is 0 Å². The fourth-order valence-electron chi connectivity index (χ4n) is 4.34. The predicted molar refractivity (Wildman–Crippen MR) is 122 cm³/mol. The molecule has 2 aromatic carbocycles. The van der Waals surface area contributed by atoms with E-state index in [4.69, 9.17) is 14.2 Å². The highest BCUT2D eigenvalue weighted by atomic mass is 19.4. The van der Waals surface area contributed by atoms with E-state index < -0.39 is 11.7 Å². The molecule has 1 aromatic heterocycles. The molecule has 3 aromatic rings. The maximum atomic E-state index is 13.8. The average molecular weight is 476 g/mol. The number of aromatic amines is 1. The molecule has 1 aliphatic rings. The van der Waals surface area contributed by atoms with E-state index in [0.717, 1.165) is 16.6 Å². The molecule has 2 heterocycles. The summed E-state index contributed by atoms with van der Waals surface area (Å²) in [4.78, 5) is 14.8. The number of carbonyl (C=O) groups excluding carboxylic acids is 1. The second-order valence-corrected chi connectivity index (χ2v) is 8.44. The van der Waals surface area contributed by atoms with Crippen LogP contribution in [0, 0.1) is 0 Å². The smallest absolute Gasteiger partial charge is 0.416 e. The van der Waals surface area contributed by atoms with Gasteiger partial charge in [0.2, 0.25) is 0 Å². The summed E-state index contributed by atoms with van der Waals surface area (Å²) in [5.41, 5.74) is 2.01. The van der Waals surface area contributed by atoms with Gasteiger partial charge in [0, 0.05) is 29.8 Å². The quantitative estimate of drug-likeness (QED) is 0.397. The van der Waals surface area contributed by atoms with Gasteiger partial charge in [0.05, 0.1) is 18.6 Å². The zero-order valence-electron chi connectivity index (χ0n) is 19.0. The highest BCUT2D eigenvalue weighted by Gasteiger charge is 2.36. The Morgan fingerprint density at radius 3 is 2.65 bits per heavy atom. The Morgan fingerprint density at radius 2 is 1.91 bits per heavy atom. The van der Waals surface area contributed by atoms with Crippen molar-refractivity contribution in [3.63, 3.8) is 0 Å². The molecule has 1 aliphatic heterocycles. The van der Waals surface area contributed by atoms with E-state index in [9.17, 15) is 18.0 Å². The maximum Gasteiger partial charge on any atom is 0.416 e. The van der Waals surface area contributed by atoms with Crippen LogP contribution in [-0.2, 0) is 33.5 Å². The minimum absolute atomic E-state index is 0.0305. The van der Waals surface area contributed by atoms with Crippen LogP contribution in [0.15, 0.2) is 42.5 Å². The lowest BCUT2D eigenvalue weighted by Gasteiger charge is -2.25. The lowest BCUT2D eigenvalue weighted by molar-refractivity contribution is -0.143. The van der Waals surface area contributed by atoms with Gasteiger partial charge in [0.25, 0.3) is 0 Å². The molecule has 4 rings (SSSR count). The number of halogens is 3. The van der Waals surface area contributed by atoms with Crippen LogP contribution in [0.25, 0.3) is 10.9 Å². The van der Waals surface area contributed by atoms with Gasteiger partial charge in [-0.05, 0) is 73.6 Å². The van der Waals surface area contributed by atoms with Gasteiger partial charge in [-0.1, -0.05) is 12.1 Å². The molecule has 1 fully saturated rings. The molecule has 34 heavy (non-hydrogen) atoms. The largest absolute Gasteiger partial charge is 0.489 e. The molecule has 0 bridgehead atoms. The fourth-order valence-corrected chi connectivity index (χ4v) is 4.34. The first-order chi connectivity index (χ1) is 16.3. The van der Waals surface area contributed by atoms with Crippen molar-refractivity contribution in [3.8, 4) is 5.75 Å². The number of alkyl halides is 3. The first-order valence-electron chi connectivity index (χ1n) is 11.5. The monoisotopic (exact) mass is 475 g/mol. The summed E-state index contributed by atoms with van der Waals surface area (Å²) in [6.07, 6.45) is -2.42. The van der Waals surface area contributed by atoms with Crippen molar-refractivity contribution in [1.82, 2.24) is 4.98 Å². The first-order valence-corrected chi connectivity index (χ1v) is 11.5. The van der Waals surface area contributed by atoms with E-state index in [1.54, 1.807) is 25.1 Å². The highest BCUT2D eigenvalue weighted by molar-refractivity contribution is 5.82. The molecule has 182 valence electrons. The number of fused-ring (bicyclic) bond motifs is 1. The summed E-state index contributed by atoms with van der Waals surface area (Å²) < 4.78 is 57.4. The summed E-state index contributed by atoms with van der Waals surface area (Å²) in [7, 11) is 0. The Bertz CT molecular complexity index is 1130. The van der Waals surface area contributed by atoms with Crippen LogP contribution in [0.5, 0.6) is 5.75 Å². The van der Waals surface area contributed by atoms with Crippen LogP contribution >= 0.6 is 0 Å². The SMILES string of the molecule is CCOC(=O)CCc1cc2cc(OCc3ccc(C4CCOCC4)c(C(F)(F)F)c3)ccc2[nH]1. The number of hydrogen-bond donors (Lipinski definition) is 1. The van der Waals surface area contributed by atoms with E-state index in [1.807, 2.05) is 18.2 Å². The minimum Gasteiger partial charge on any atom is -0.489 e. The summed E-state index contributed by atoms with van der Waals surface area (Å²) in [5.74, 6) is 0.172. The molecule has 5 nitrogen and oxygen atoms in total. The van der Waals surface area contributed by atoms with E-state index in [2.05, 4.69) is 4.98 Å². The molecule has 8 heteroatoms. The number of esters is 1. The third-order valence-corrected chi connectivity index (χ3v) is 6.04. The lowest BCUT2D eigenvalue weighted by Crippen LogP contribution is -2.19. The minimum atomic E-state index is -4.42. The predicted octanol–water partition coefficient (Wildman–Crippen LogP) is 6.16. The van der Waals surface area contributed by atoms with Crippen molar-refractivity contribution in [2.45, 2.75) is 51.3 Å². The van der Waals surface area contributed by atoms with Gasteiger partial charge in [-0.2, -0.15) is 13.2 Å². The third-order valence-electron chi connectivity index (χ3n) is 6.04. The Labute approximate surface area is 196 Å². The Hall–Kier alpha value is -3.00. The summed E-state index contributed by atoms with van der Waals surface area (Å²) in [5, 5.41) is 0.905. The number of aromatic nitrogens is 1. The number of nitrogens with one attached hydrogen (secondary N) is 1. The number of rotatable bonds is 8. The van der Waals surface area contributed by atoms with Crippen molar-refractivity contribution in [2.24, 2.45) is 0 Å². The van der Waals surface area contributed by atoms with Crippen molar-refractivity contribution < 1.29 is 32.2 Å². The topological polar surface area (TPSA) is 60.6 Å². The van der Waals surface area contributed by atoms with Gasteiger partial charge in [-0.3, -0.25) is 4.79 Å². The van der Waals surface area contributed by atoms with Crippen LogP contribution in [0.4, 0.5) is 13.2 Å². The molecule has 0 saturated carbocycles. The Kier molecular flexibility index (Phi) is 7.46. The molecule has 0 radical (unpaired) electrons. The van der Waals surface area contributed by atoms with Crippen LogP contribution < -0.4 is 4.74 Å². The molecular weight excluding hydrogens is 447 g/mol. The molecule has 1 N–H and O–H groups in total. The highest BCUT2D eigenvalue weighted by Crippen LogP contribution is 2.39. The van der Waals surface area contributed by atoms with E-state index >= 15 is 0 Å². The second kappa shape index (κ2) is 10.5. The number of H-pyrrole nitrogens is 1. The van der Waals surface area contributed by atoms with Gasteiger partial charge in [0.1, 0.15) is 12.4 Å². The fraction of sp³-hybridized carbons (Fsp3) is 0.423.